The molecule has 0 atom stereocenters. The van der Waals surface area contributed by atoms with Crippen molar-refractivity contribution in [3.63, 3.8) is 0 Å². The molecule has 7 heteroatoms. The summed E-state index contributed by atoms with van der Waals surface area (Å²) in [4.78, 5) is 4.82. The molecule has 0 radical (unpaired) electrons. The van der Waals surface area contributed by atoms with Crippen molar-refractivity contribution in [2.24, 2.45) is 0 Å². The molecule has 0 spiro atoms. The van der Waals surface area contributed by atoms with Gasteiger partial charge < -0.3 is 9.64 Å². The Hall–Kier alpha value is -2.51. The van der Waals surface area contributed by atoms with Crippen molar-refractivity contribution >= 4 is 16.5 Å². The van der Waals surface area contributed by atoms with Gasteiger partial charge in [-0.25, -0.2) is 4.39 Å². The Kier molecular flexibility index (Phi) is 6.36. The molecular weight excluding hydrogens is 387 g/mol. The van der Waals surface area contributed by atoms with Crippen molar-refractivity contribution < 1.29 is 9.13 Å². The van der Waals surface area contributed by atoms with E-state index < -0.39 is 0 Å². The van der Waals surface area contributed by atoms with Crippen LogP contribution >= 0.6 is 11.3 Å². The standard InChI is InChI=1S/C22H25FN4OS/c1-28-20-9-5-18(6-10-20)16-26-11-2-12-27(14-13-26)22-25-24-21(29-22)15-17-3-7-19(23)8-4-17/h3-10H,2,11-16H2,1H3. The first-order chi connectivity index (χ1) is 14.2. The largest absolute Gasteiger partial charge is 0.497 e. The molecule has 0 amide bonds. The van der Waals surface area contributed by atoms with Crippen molar-refractivity contribution in [1.29, 1.82) is 0 Å². The molecule has 1 fully saturated rings. The van der Waals surface area contributed by atoms with Gasteiger partial charge in [0.1, 0.15) is 16.6 Å². The van der Waals surface area contributed by atoms with Crippen LogP contribution in [0.4, 0.5) is 9.52 Å². The van der Waals surface area contributed by atoms with E-state index in [1.165, 1.54) is 17.7 Å². The fourth-order valence-corrected chi connectivity index (χ4v) is 4.45. The van der Waals surface area contributed by atoms with Crippen molar-refractivity contribution in [1.82, 2.24) is 15.1 Å². The predicted molar refractivity (Wildman–Crippen MR) is 114 cm³/mol. The molecule has 1 aliphatic rings. The van der Waals surface area contributed by atoms with Crippen molar-refractivity contribution in [3.8, 4) is 5.75 Å². The summed E-state index contributed by atoms with van der Waals surface area (Å²) >= 11 is 1.63. The lowest BCUT2D eigenvalue weighted by molar-refractivity contribution is 0.285. The number of benzene rings is 2. The number of hydrogen-bond donors (Lipinski definition) is 0. The normalized spacial score (nSPS) is 15.3. The third-order valence-corrected chi connectivity index (χ3v) is 6.13. The molecule has 0 aliphatic carbocycles. The van der Waals surface area contributed by atoms with Crippen LogP contribution in [-0.4, -0.2) is 48.4 Å². The summed E-state index contributed by atoms with van der Waals surface area (Å²) in [5, 5.41) is 10.7. The molecule has 1 saturated heterocycles. The van der Waals surface area contributed by atoms with Gasteiger partial charge in [0, 0.05) is 39.1 Å². The predicted octanol–water partition coefficient (Wildman–Crippen LogP) is 3.99. The fraction of sp³-hybridized carbons (Fsp3) is 0.364. The second-order valence-electron chi connectivity index (χ2n) is 7.25. The molecule has 2 aromatic carbocycles. The topological polar surface area (TPSA) is 41.5 Å². The number of hydrogen-bond acceptors (Lipinski definition) is 6. The van der Waals surface area contributed by atoms with E-state index >= 15 is 0 Å². The zero-order valence-corrected chi connectivity index (χ0v) is 17.4. The zero-order valence-electron chi connectivity index (χ0n) is 16.6. The van der Waals surface area contributed by atoms with Crippen LogP contribution in [0.15, 0.2) is 48.5 Å². The Labute approximate surface area is 174 Å². The molecule has 0 bridgehead atoms. The van der Waals surface area contributed by atoms with Gasteiger partial charge in [-0.2, -0.15) is 0 Å². The summed E-state index contributed by atoms with van der Waals surface area (Å²) < 4.78 is 18.3. The summed E-state index contributed by atoms with van der Waals surface area (Å²) in [5.74, 6) is 0.680. The van der Waals surface area contributed by atoms with E-state index in [9.17, 15) is 4.39 Å². The molecule has 29 heavy (non-hydrogen) atoms. The second kappa shape index (κ2) is 9.33. The van der Waals surface area contributed by atoms with Gasteiger partial charge in [-0.1, -0.05) is 35.6 Å². The highest BCUT2D eigenvalue weighted by molar-refractivity contribution is 7.15. The summed E-state index contributed by atoms with van der Waals surface area (Å²) in [7, 11) is 1.69. The maximum absolute atomic E-state index is 13.1. The van der Waals surface area contributed by atoms with Gasteiger partial charge >= 0.3 is 0 Å². The van der Waals surface area contributed by atoms with E-state index in [4.69, 9.17) is 4.74 Å². The molecule has 5 nitrogen and oxygen atoms in total. The average molecular weight is 413 g/mol. The van der Waals surface area contributed by atoms with E-state index in [2.05, 4.69) is 32.1 Å². The van der Waals surface area contributed by atoms with Crippen LogP contribution < -0.4 is 9.64 Å². The lowest BCUT2D eigenvalue weighted by atomic mass is 10.2. The molecule has 1 aliphatic heterocycles. The second-order valence-corrected chi connectivity index (χ2v) is 8.29. The Bertz CT molecular complexity index is 913. The van der Waals surface area contributed by atoms with E-state index in [0.29, 0.717) is 6.42 Å². The molecule has 1 aromatic heterocycles. The average Bonchev–Trinajstić information content (AvgIpc) is 3.08. The third-order valence-electron chi connectivity index (χ3n) is 5.15. The molecule has 0 saturated carbocycles. The molecule has 3 aromatic rings. The highest BCUT2D eigenvalue weighted by Gasteiger charge is 2.18. The van der Waals surface area contributed by atoms with E-state index in [1.807, 2.05) is 12.1 Å². The summed E-state index contributed by atoms with van der Waals surface area (Å²) in [6.07, 6.45) is 1.79. The van der Waals surface area contributed by atoms with Gasteiger partial charge in [-0.05, 0) is 41.8 Å². The van der Waals surface area contributed by atoms with Crippen LogP contribution in [0, 0.1) is 5.82 Å². The maximum atomic E-state index is 13.1. The van der Waals surface area contributed by atoms with Gasteiger partial charge in [0.25, 0.3) is 0 Å². The van der Waals surface area contributed by atoms with Gasteiger partial charge in [-0.15, -0.1) is 10.2 Å². The smallest absolute Gasteiger partial charge is 0.208 e. The van der Waals surface area contributed by atoms with E-state index in [0.717, 1.165) is 60.6 Å². The number of ether oxygens (including phenoxy) is 1. The van der Waals surface area contributed by atoms with Crippen molar-refractivity contribution in [3.05, 3.63) is 70.5 Å². The highest BCUT2D eigenvalue weighted by atomic mass is 32.1. The number of nitrogens with zero attached hydrogens (tertiary/aromatic N) is 4. The molecule has 4 rings (SSSR count). The maximum Gasteiger partial charge on any atom is 0.208 e. The highest BCUT2D eigenvalue weighted by Crippen LogP contribution is 2.24. The lowest BCUT2D eigenvalue weighted by Gasteiger charge is -2.21. The Morgan fingerprint density at radius 2 is 1.69 bits per heavy atom. The number of methoxy groups -OCH3 is 1. The summed E-state index contributed by atoms with van der Waals surface area (Å²) in [6.45, 7) is 4.96. The minimum Gasteiger partial charge on any atom is -0.497 e. The minimum absolute atomic E-state index is 0.213. The van der Waals surface area contributed by atoms with Gasteiger partial charge in [0.2, 0.25) is 5.13 Å². The minimum atomic E-state index is -0.213. The van der Waals surface area contributed by atoms with Crippen LogP contribution in [0.5, 0.6) is 5.75 Å². The van der Waals surface area contributed by atoms with Gasteiger partial charge in [0.05, 0.1) is 7.11 Å². The molecule has 152 valence electrons. The SMILES string of the molecule is COc1ccc(CN2CCCN(c3nnc(Cc4ccc(F)cc4)s3)CC2)cc1. The Morgan fingerprint density at radius 1 is 0.931 bits per heavy atom. The van der Waals surface area contributed by atoms with Crippen LogP contribution in [0.3, 0.4) is 0 Å². The monoisotopic (exact) mass is 412 g/mol. The van der Waals surface area contributed by atoms with Crippen LogP contribution in [0.1, 0.15) is 22.6 Å². The van der Waals surface area contributed by atoms with E-state index in [1.54, 1.807) is 30.6 Å². The first-order valence-corrected chi connectivity index (χ1v) is 10.7. The van der Waals surface area contributed by atoms with Gasteiger partial charge in [0.15, 0.2) is 0 Å². The first-order valence-electron chi connectivity index (χ1n) is 9.86. The summed E-state index contributed by atoms with van der Waals surface area (Å²) in [5.41, 5.74) is 2.35. The number of halogens is 1. The quantitative estimate of drug-likeness (QED) is 0.612. The van der Waals surface area contributed by atoms with E-state index in [-0.39, 0.29) is 5.82 Å². The Morgan fingerprint density at radius 3 is 2.45 bits per heavy atom. The van der Waals surface area contributed by atoms with Crippen LogP contribution in [0.2, 0.25) is 0 Å². The molecular formula is C22H25FN4OS. The number of aromatic nitrogens is 2. The summed E-state index contributed by atoms with van der Waals surface area (Å²) in [6, 6.07) is 14.9. The first kappa shape index (κ1) is 19.8. The van der Waals surface area contributed by atoms with Crippen molar-refractivity contribution in [2.75, 3.05) is 38.2 Å². The van der Waals surface area contributed by atoms with Crippen molar-refractivity contribution in [2.45, 2.75) is 19.4 Å². The Balaban J connectivity index is 1.33. The zero-order chi connectivity index (χ0) is 20.1. The third kappa shape index (κ3) is 5.31. The molecule has 2 heterocycles. The van der Waals surface area contributed by atoms with Crippen LogP contribution in [0.25, 0.3) is 0 Å². The number of anilines is 1. The van der Waals surface area contributed by atoms with Gasteiger partial charge in [-0.3, -0.25) is 4.90 Å². The number of rotatable bonds is 6. The fourth-order valence-electron chi connectivity index (χ4n) is 3.53. The molecule has 0 N–H and O–H groups in total. The van der Waals surface area contributed by atoms with Crippen LogP contribution in [-0.2, 0) is 13.0 Å². The lowest BCUT2D eigenvalue weighted by Crippen LogP contribution is -2.30. The molecule has 0 unspecified atom stereocenters.